The van der Waals surface area contributed by atoms with Crippen LogP contribution in [0.2, 0.25) is 0 Å². The smallest absolute Gasteiger partial charge is 0.313 e. The van der Waals surface area contributed by atoms with Crippen molar-refractivity contribution in [3.63, 3.8) is 0 Å². The van der Waals surface area contributed by atoms with Crippen LogP contribution in [0.4, 0.5) is 0 Å². The monoisotopic (exact) mass is 463 g/mol. The van der Waals surface area contributed by atoms with E-state index in [1.165, 1.54) is 84.0 Å². The number of nitrogens with zero attached hydrogens (tertiary/aromatic N) is 1. The van der Waals surface area contributed by atoms with Gasteiger partial charge in [0, 0.05) is 0 Å². The summed E-state index contributed by atoms with van der Waals surface area (Å²) in [5, 5.41) is 0. The molecule has 0 fully saturated rings. The van der Waals surface area contributed by atoms with Crippen LogP contribution < -0.4 is 0 Å². The SMILES string of the molecule is CCCCCCCCC=CCCCCCCCC(=O)[N+](C)(C)CC.CCOS(=O)(=O)[O-]. The molecule has 6 nitrogen and oxygen atoms in total. The van der Waals surface area contributed by atoms with Gasteiger partial charge in [0.25, 0.3) is 0 Å². The molecular weight excluding hydrogens is 414 g/mol. The first-order chi connectivity index (χ1) is 14.6. The summed E-state index contributed by atoms with van der Waals surface area (Å²) in [6.45, 7) is 6.58. The zero-order chi connectivity index (χ0) is 24.0. The maximum atomic E-state index is 12.0. The Hall–Kier alpha value is -0.760. The number of unbranched alkanes of at least 4 members (excludes halogenated alkanes) is 11. The molecule has 0 spiro atoms. The summed E-state index contributed by atoms with van der Waals surface area (Å²) in [7, 11) is -0.397. The Kier molecular flexibility index (Phi) is 22.1. The minimum Gasteiger partial charge on any atom is -0.726 e. The Labute approximate surface area is 193 Å². The average Bonchev–Trinajstić information content (AvgIpc) is 2.70. The predicted octanol–water partition coefficient (Wildman–Crippen LogP) is 6.13. The van der Waals surface area contributed by atoms with Gasteiger partial charge in [-0.25, -0.2) is 13.2 Å². The van der Waals surface area contributed by atoms with E-state index in [1.54, 1.807) is 0 Å². The Balaban J connectivity index is 0. The van der Waals surface area contributed by atoms with Gasteiger partial charge in [-0.2, -0.15) is 0 Å². The Morgan fingerprint density at radius 3 is 1.65 bits per heavy atom. The zero-order valence-electron chi connectivity index (χ0n) is 20.9. The number of carbonyl (C=O) groups is 1. The van der Waals surface area contributed by atoms with Crippen molar-refractivity contribution >= 4 is 16.3 Å². The molecule has 7 heteroatoms. The number of quaternary nitrogens is 1. The zero-order valence-corrected chi connectivity index (χ0v) is 21.7. The molecule has 31 heavy (non-hydrogen) atoms. The minimum absolute atomic E-state index is 0.0914. The molecule has 0 saturated carbocycles. The molecule has 0 N–H and O–H groups in total. The molecule has 0 rings (SSSR count). The maximum Gasteiger partial charge on any atom is 0.313 e. The lowest BCUT2D eigenvalue weighted by Gasteiger charge is -2.24. The third kappa shape index (κ3) is 25.4. The molecule has 0 aromatic heterocycles. The van der Waals surface area contributed by atoms with Gasteiger partial charge in [0.15, 0.2) is 0 Å². The van der Waals surface area contributed by atoms with E-state index in [1.807, 2.05) is 14.1 Å². The maximum absolute atomic E-state index is 12.0. The molecule has 0 unspecified atom stereocenters. The predicted molar refractivity (Wildman–Crippen MR) is 128 cm³/mol. The van der Waals surface area contributed by atoms with E-state index in [4.69, 9.17) is 0 Å². The van der Waals surface area contributed by atoms with Gasteiger partial charge in [-0.15, -0.1) is 0 Å². The van der Waals surface area contributed by atoms with E-state index in [-0.39, 0.29) is 6.61 Å². The van der Waals surface area contributed by atoms with Crippen LogP contribution in [0.3, 0.4) is 0 Å². The number of hydrogen-bond acceptors (Lipinski definition) is 5. The summed E-state index contributed by atoms with van der Waals surface area (Å²) in [5.41, 5.74) is 0. The van der Waals surface area contributed by atoms with Crippen molar-refractivity contribution in [3.8, 4) is 0 Å². The van der Waals surface area contributed by atoms with E-state index >= 15 is 0 Å². The first-order valence-electron chi connectivity index (χ1n) is 12.2. The van der Waals surface area contributed by atoms with Crippen LogP contribution in [0.15, 0.2) is 12.2 Å². The van der Waals surface area contributed by atoms with Gasteiger partial charge in [-0.05, 0) is 46.0 Å². The molecule has 0 aliphatic carbocycles. The van der Waals surface area contributed by atoms with E-state index in [0.717, 1.165) is 19.4 Å². The quantitative estimate of drug-likeness (QED) is 0.0802. The molecule has 0 radical (unpaired) electrons. The summed E-state index contributed by atoms with van der Waals surface area (Å²) in [4.78, 5) is 12.0. The summed E-state index contributed by atoms with van der Waals surface area (Å²) >= 11 is 0. The first-order valence-corrected chi connectivity index (χ1v) is 13.6. The Morgan fingerprint density at radius 2 is 1.26 bits per heavy atom. The molecule has 186 valence electrons. The van der Waals surface area contributed by atoms with Crippen molar-refractivity contribution < 1.29 is 26.4 Å². The van der Waals surface area contributed by atoms with Crippen molar-refractivity contribution in [3.05, 3.63) is 12.2 Å². The van der Waals surface area contributed by atoms with Gasteiger partial charge in [0.2, 0.25) is 10.4 Å². The second kappa shape index (κ2) is 21.1. The summed E-state index contributed by atoms with van der Waals surface area (Å²) in [5.74, 6) is 0.384. The third-order valence-corrected chi connectivity index (χ3v) is 5.90. The Bertz CT molecular complexity index is 544. The molecule has 0 atom stereocenters. The van der Waals surface area contributed by atoms with Crippen LogP contribution in [0.5, 0.6) is 0 Å². The topological polar surface area (TPSA) is 83.5 Å². The van der Waals surface area contributed by atoms with Crippen LogP contribution in [-0.2, 0) is 19.4 Å². The van der Waals surface area contributed by atoms with Crippen LogP contribution in [0.25, 0.3) is 0 Å². The lowest BCUT2D eigenvalue weighted by Crippen LogP contribution is -2.45. The molecular formula is C24H49NO5S. The molecule has 0 saturated heterocycles. The molecule has 0 bridgehead atoms. The van der Waals surface area contributed by atoms with Gasteiger partial charge in [-0.3, -0.25) is 8.67 Å². The van der Waals surface area contributed by atoms with Crippen molar-refractivity contribution in [2.75, 3.05) is 27.2 Å². The van der Waals surface area contributed by atoms with Gasteiger partial charge >= 0.3 is 5.91 Å². The molecule has 0 aromatic carbocycles. The van der Waals surface area contributed by atoms with Gasteiger partial charge in [-0.1, -0.05) is 70.4 Å². The largest absolute Gasteiger partial charge is 0.726 e. The standard InChI is InChI=1S/C22H44NO.C2H6O4S/c1-5-7-8-9-10-11-12-13-14-15-16-17-18-19-20-21-22(24)23(3,4)6-2;1-2-6-7(3,4)5/h13-14H,5-12,15-21H2,1-4H3;2H2,1H3,(H,3,4,5)/q+1;/p-1. The fourth-order valence-electron chi connectivity index (χ4n) is 2.97. The van der Waals surface area contributed by atoms with E-state index in [2.05, 4.69) is 30.2 Å². The highest BCUT2D eigenvalue weighted by molar-refractivity contribution is 7.80. The summed E-state index contributed by atoms with van der Waals surface area (Å²) in [6.07, 6.45) is 22.5. The van der Waals surface area contributed by atoms with E-state index in [9.17, 15) is 17.8 Å². The fourth-order valence-corrected chi connectivity index (χ4v) is 3.26. The number of allylic oxidation sites excluding steroid dienone is 2. The van der Waals surface area contributed by atoms with E-state index in [0.29, 0.717) is 10.4 Å². The molecule has 0 aromatic rings. The van der Waals surface area contributed by atoms with Crippen molar-refractivity contribution in [2.24, 2.45) is 0 Å². The highest BCUT2D eigenvalue weighted by Crippen LogP contribution is 2.11. The van der Waals surface area contributed by atoms with Crippen molar-refractivity contribution in [1.29, 1.82) is 0 Å². The van der Waals surface area contributed by atoms with Crippen LogP contribution in [0, 0.1) is 0 Å². The Morgan fingerprint density at radius 1 is 0.806 bits per heavy atom. The lowest BCUT2D eigenvalue weighted by atomic mass is 10.1. The van der Waals surface area contributed by atoms with Crippen LogP contribution >= 0.6 is 0 Å². The van der Waals surface area contributed by atoms with Gasteiger partial charge in [0.05, 0.1) is 33.7 Å². The second-order valence-electron chi connectivity index (χ2n) is 8.54. The van der Waals surface area contributed by atoms with Gasteiger partial charge in [0.1, 0.15) is 0 Å². The summed E-state index contributed by atoms with van der Waals surface area (Å²) < 4.78 is 32.5. The van der Waals surface area contributed by atoms with Crippen LogP contribution in [0.1, 0.15) is 111 Å². The molecule has 1 amide bonds. The molecule has 0 aliphatic heterocycles. The van der Waals surface area contributed by atoms with Crippen molar-refractivity contribution in [1.82, 2.24) is 0 Å². The second-order valence-corrected chi connectivity index (χ2v) is 9.60. The first kappa shape index (κ1) is 32.4. The summed E-state index contributed by atoms with van der Waals surface area (Å²) in [6, 6.07) is 0. The number of hydrogen-bond donors (Lipinski definition) is 0. The average molecular weight is 464 g/mol. The third-order valence-electron chi connectivity index (χ3n) is 5.38. The highest BCUT2D eigenvalue weighted by atomic mass is 32.3. The molecule has 0 heterocycles. The normalized spacial score (nSPS) is 12.1. The molecule has 0 aliphatic rings. The highest BCUT2D eigenvalue weighted by Gasteiger charge is 2.22. The van der Waals surface area contributed by atoms with Gasteiger partial charge < -0.3 is 4.55 Å². The fraction of sp³-hybridized carbons (Fsp3) is 0.875. The minimum atomic E-state index is -4.42. The van der Waals surface area contributed by atoms with Crippen molar-refractivity contribution in [2.45, 2.75) is 111 Å². The van der Waals surface area contributed by atoms with Crippen LogP contribution in [-0.4, -0.2) is 50.6 Å². The number of rotatable bonds is 18. The number of amides is 1. The lowest BCUT2D eigenvalue weighted by molar-refractivity contribution is -0.812. The number of carbonyl (C=O) groups excluding carboxylic acids is 1. The van der Waals surface area contributed by atoms with E-state index < -0.39 is 10.4 Å².